The molecule has 0 saturated carbocycles. The lowest BCUT2D eigenvalue weighted by molar-refractivity contribution is -0.167. The maximum Gasteiger partial charge on any atom is 0.306 e. The largest absolute Gasteiger partial charge is 0.462 e. The summed E-state index contributed by atoms with van der Waals surface area (Å²) in [4.78, 5) is 38.4. The molecule has 0 amide bonds. The molecule has 1 unspecified atom stereocenters. The second-order valence-electron chi connectivity index (χ2n) is 23.1. The molecule has 0 rings (SSSR count). The number of hydrogen-bond donors (Lipinski definition) is 0. The molecule has 0 bridgehead atoms. The number of rotatable bonds is 63. The van der Waals surface area contributed by atoms with Gasteiger partial charge in [-0.25, -0.2) is 0 Å². The number of carbonyl (C=O) groups excluding carboxylic acids is 3. The topological polar surface area (TPSA) is 78.9 Å². The molecule has 0 aliphatic heterocycles. The highest BCUT2D eigenvalue weighted by atomic mass is 16.6. The molecule has 0 aromatic heterocycles. The van der Waals surface area contributed by atoms with Crippen LogP contribution in [0.2, 0.25) is 0 Å². The van der Waals surface area contributed by atoms with Crippen molar-refractivity contribution in [2.24, 2.45) is 0 Å². The molecule has 0 aromatic rings. The van der Waals surface area contributed by atoms with Gasteiger partial charge >= 0.3 is 17.9 Å². The standard InChI is InChI=1S/C74H130O6/c1-4-7-10-13-16-19-22-25-28-30-32-33-34-35-36-37-38-39-40-41-43-44-46-49-52-55-58-61-64-67-73(76)79-70-71(69-78-72(75)66-63-60-57-54-51-48-27-24-21-18-15-12-9-6-3)80-74(77)68-65-62-59-56-53-50-47-45-42-31-29-26-23-20-17-14-11-8-5-2/h7,10,16,19,25,28,32-33,35-36,38-39,41,43,71H,4-6,8-9,11-15,17-18,20-24,26-27,29-31,34,37,40,42,44-70H2,1-3H3/b10-7-,19-16-,28-25-,33-32-,36-35-,39-38-,43-41-. The van der Waals surface area contributed by atoms with Crippen molar-refractivity contribution in [2.45, 2.75) is 354 Å². The number of carbonyl (C=O) groups is 3. The minimum atomic E-state index is -0.779. The van der Waals surface area contributed by atoms with Crippen LogP contribution in [0.5, 0.6) is 0 Å². The Morgan fingerprint density at radius 3 is 0.762 bits per heavy atom. The smallest absolute Gasteiger partial charge is 0.306 e. The van der Waals surface area contributed by atoms with Crippen LogP contribution in [-0.4, -0.2) is 37.2 Å². The van der Waals surface area contributed by atoms with E-state index in [-0.39, 0.29) is 31.1 Å². The summed E-state index contributed by atoms with van der Waals surface area (Å²) in [6.45, 7) is 6.57. The van der Waals surface area contributed by atoms with Crippen LogP contribution < -0.4 is 0 Å². The minimum absolute atomic E-state index is 0.0745. The molecule has 6 heteroatoms. The van der Waals surface area contributed by atoms with Gasteiger partial charge in [-0.05, 0) is 77.0 Å². The predicted octanol–water partition coefficient (Wildman–Crippen LogP) is 23.8. The Morgan fingerprint density at radius 1 is 0.263 bits per heavy atom. The van der Waals surface area contributed by atoms with Gasteiger partial charge in [-0.2, -0.15) is 0 Å². The van der Waals surface area contributed by atoms with Crippen molar-refractivity contribution in [3.05, 3.63) is 85.1 Å². The van der Waals surface area contributed by atoms with Gasteiger partial charge in [0.05, 0.1) is 0 Å². The van der Waals surface area contributed by atoms with Crippen LogP contribution in [0.3, 0.4) is 0 Å². The van der Waals surface area contributed by atoms with Crippen molar-refractivity contribution in [3.8, 4) is 0 Å². The van der Waals surface area contributed by atoms with Crippen LogP contribution in [0.25, 0.3) is 0 Å². The van der Waals surface area contributed by atoms with Gasteiger partial charge in [-0.15, -0.1) is 0 Å². The molecule has 80 heavy (non-hydrogen) atoms. The molecule has 0 aromatic carbocycles. The van der Waals surface area contributed by atoms with Gasteiger partial charge in [0, 0.05) is 19.3 Å². The fourth-order valence-corrected chi connectivity index (χ4v) is 10.0. The van der Waals surface area contributed by atoms with E-state index in [1.807, 2.05) is 0 Å². The summed E-state index contributed by atoms with van der Waals surface area (Å²) in [5.41, 5.74) is 0. The van der Waals surface area contributed by atoms with Gasteiger partial charge < -0.3 is 14.2 Å². The van der Waals surface area contributed by atoms with Gasteiger partial charge in [0.2, 0.25) is 0 Å². The molecule has 0 fully saturated rings. The molecule has 0 aliphatic rings. The Balaban J connectivity index is 4.31. The fraction of sp³-hybridized carbons (Fsp3) is 0.770. The van der Waals surface area contributed by atoms with Crippen LogP contribution >= 0.6 is 0 Å². The monoisotopic (exact) mass is 1110 g/mol. The molecule has 0 radical (unpaired) electrons. The molecular weight excluding hydrogens is 985 g/mol. The van der Waals surface area contributed by atoms with Crippen LogP contribution in [0.15, 0.2) is 85.1 Å². The molecule has 0 saturated heterocycles. The van der Waals surface area contributed by atoms with Gasteiger partial charge in [0.1, 0.15) is 13.2 Å². The summed E-state index contributed by atoms with van der Waals surface area (Å²) in [7, 11) is 0. The number of esters is 3. The third-order valence-electron chi connectivity index (χ3n) is 15.2. The highest BCUT2D eigenvalue weighted by molar-refractivity contribution is 5.71. The van der Waals surface area contributed by atoms with Crippen molar-refractivity contribution in [3.63, 3.8) is 0 Å². The van der Waals surface area contributed by atoms with Gasteiger partial charge in [-0.1, -0.05) is 337 Å². The first-order chi connectivity index (χ1) is 39.5. The van der Waals surface area contributed by atoms with E-state index in [1.54, 1.807) is 0 Å². The Morgan fingerprint density at radius 2 is 0.487 bits per heavy atom. The van der Waals surface area contributed by atoms with Gasteiger partial charge in [0.25, 0.3) is 0 Å². The highest BCUT2D eigenvalue weighted by Gasteiger charge is 2.19. The van der Waals surface area contributed by atoms with E-state index in [2.05, 4.69) is 106 Å². The number of allylic oxidation sites excluding steroid dienone is 14. The summed E-state index contributed by atoms with van der Waals surface area (Å²) in [6, 6.07) is 0. The summed E-state index contributed by atoms with van der Waals surface area (Å²) >= 11 is 0. The Labute approximate surface area is 496 Å². The lowest BCUT2D eigenvalue weighted by Gasteiger charge is -2.18. The maximum absolute atomic E-state index is 12.9. The van der Waals surface area contributed by atoms with E-state index >= 15 is 0 Å². The Bertz CT molecular complexity index is 1520. The summed E-state index contributed by atoms with van der Waals surface area (Å²) in [5.74, 6) is -0.865. The van der Waals surface area contributed by atoms with E-state index < -0.39 is 6.10 Å². The summed E-state index contributed by atoms with van der Waals surface area (Å²) in [5, 5.41) is 0. The average molecular weight is 1120 g/mol. The second kappa shape index (κ2) is 68.1. The number of hydrogen-bond acceptors (Lipinski definition) is 6. The zero-order valence-electron chi connectivity index (χ0n) is 53.1. The predicted molar refractivity (Wildman–Crippen MR) is 348 cm³/mol. The normalized spacial score (nSPS) is 12.6. The molecule has 0 aliphatic carbocycles. The average Bonchev–Trinajstić information content (AvgIpc) is 3.46. The zero-order chi connectivity index (χ0) is 57.8. The third kappa shape index (κ3) is 65.4. The lowest BCUT2D eigenvalue weighted by atomic mass is 10.0. The van der Waals surface area contributed by atoms with Crippen molar-refractivity contribution < 1.29 is 28.6 Å². The van der Waals surface area contributed by atoms with Crippen LogP contribution in [0.4, 0.5) is 0 Å². The molecule has 1 atom stereocenters. The SMILES string of the molecule is CC/C=C\C/C=C\C/C=C\C/C=C\C/C=C\C/C=C\C/C=C\CCCCCCCCCC(=O)OCC(COC(=O)CCCCCCCCCCCCCCCC)OC(=O)CCCCCCCCCCCCCCCCCCCCC. The van der Waals surface area contributed by atoms with Crippen LogP contribution in [0.1, 0.15) is 348 Å². The first kappa shape index (κ1) is 76.6. The highest BCUT2D eigenvalue weighted by Crippen LogP contribution is 2.18. The summed E-state index contributed by atoms with van der Waals surface area (Å²) < 4.78 is 17.0. The summed E-state index contributed by atoms with van der Waals surface area (Å²) in [6.07, 6.45) is 90.2. The van der Waals surface area contributed by atoms with E-state index in [0.29, 0.717) is 19.3 Å². The molecular formula is C74H130O6. The number of unbranched alkanes of at least 4 members (excludes halogenated alkanes) is 38. The van der Waals surface area contributed by atoms with E-state index in [9.17, 15) is 14.4 Å². The molecule has 0 heterocycles. The van der Waals surface area contributed by atoms with Crippen molar-refractivity contribution in [1.29, 1.82) is 0 Å². The first-order valence-electron chi connectivity index (χ1n) is 34.6. The fourth-order valence-electron chi connectivity index (χ4n) is 10.0. The Kier molecular flexibility index (Phi) is 65.2. The zero-order valence-corrected chi connectivity index (χ0v) is 53.1. The quantitative estimate of drug-likeness (QED) is 0.0261. The van der Waals surface area contributed by atoms with Crippen LogP contribution in [-0.2, 0) is 28.6 Å². The van der Waals surface area contributed by atoms with Crippen molar-refractivity contribution in [2.75, 3.05) is 13.2 Å². The molecule has 0 N–H and O–H groups in total. The van der Waals surface area contributed by atoms with E-state index in [0.717, 1.165) is 109 Å². The minimum Gasteiger partial charge on any atom is -0.462 e. The van der Waals surface area contributed by atoms with Crippen LogP contribution in [0, 0.1) is 0 Å². The molecule has 6 nitrogen and oxygen atoms in total. The van der Waals surface area contributed by atoms with E-state index in [4.69, 9.17) is 14.2 Å². The second-order valence-corrected chi connectivity index (χ2v) is 23.1. The first-order valence-corrected chi connectivity index (χ1v) is 34.6. The number of ether oxygens (including phenoxy) is 3. The van der Waals surface area contributed by atoms with Crippen molar-refractivity contribution in [1.82, 2.24) is 0 Å². The van der Waals surface area contributed by atoms with Gasteiger partial charge in [0.15, 0.2) is 6.10 Å². The van der Waals surface area contributed by atoms with E-state index in [1.165, 1.54) is 199 Å². The molecule has 0 spiro atoms. The van der Waals surface area contributed by atoms with Gasteiger partial charge in [-0.3, -0.25) is 14.4 Å². The maximum atomic E-state index is 12.9. The third-order valence-corrected chi connectivity index (χ3v) is 15.2. The lowest BCUT2D eigenvalue weighted by Crippen LogP contribution is -2.30. The molecule has 462 valence electrons. The Hall–Kier alpha value is -3.41. The van der Waals surface area contributed by atoms with Crippen molar-refractivity contribution >= 4 is 17.9 Å².